The van der Waals surface area contributed by atoms with Crippen molar-refractivity contribution in [1.82, 2.24) is 0 Å². The van der Waals surface area contributed by atoms with E-state index in [0.717, 1.165) is 5.56 Å². The Kier molecular flexibility index (Phi) is 4.04. The summed E-state index contributed by atoms with van der Waals surface area (Å²) in [7, 11) is 1.68. The molecular formula is C10H12Cl2O. The third-order valence-electron chi connectivity index (χ3n) is 1.87. The first-order valence-electron chi connectivity index (χ1n) is 4.08. The molecule has 0 bridgehead atoms. The van der Waals surface area contributed by atoms with Crippen molar-refractivity contribution >= 4 is 23.2 Å². The number of ether oxygens (including phenoxy) is 1. The number of methoxy groups -OCH3 is 1. The molecule has 0 aromatic heterocycles. The highest BCUT2D eigenvalue weighted by Gasteiger charge is 2.06. The van der Waals surface area contributed by atoms with Crippen LogP contribution in [0.2, 0.25) is 10.0 Å². The van der Waals surface area contributed by atoms with E-state index < -0.39 is 0 Å². The monoisotopic (exact) mass is 218 g/mol. The molecule has 0 radical (unpaired) electrons. The standard InChI is InChI=1S/C10H12Cl2O/c1-7(6-13-2)8-3-9(11)5-10(12)4-8/h3-5,7H,6H2,1-2H3/t7-/m0/s1. The van der Waals surface area contributed by atoms with Gasteiger partial charge in [-0.25, -0.2) is 0 Å². The number of halogens is 2. The smallest absolute Gasteiger partial charge is 0.0528 e. The van der Waals surface area contributed by atoms with Gasteiger partial charge >= 0.3 is 0 Å². The lowest BCUT2D eigenvalue weighted by Crippen LogP contribution is -2.01. The van der Waals surface area contributed by atoms with Crippen molar-refractivity contribution in [3.8, 4) is 0 Å². The average molecular weight is 219 g/mol. The molecule has 0 saturated carbocycles. The Hall–Kier alpha value is -0.240. The van der Waals surface area contributed by atoms with Crippen LogP contribution in [0.1, 0.15) is 18.4 Å². The lowest BCUT2D eigenvalue weighted by molar-refractivity contribution is 0.184. The summed E-state index contributed by atoms with van der Waals surface area (Å²) in [6, 6.07) is 5.56. The number of rotatable bonds is 3. The normalized spacial score (nSPS) is 12.9. The molecule has 1 aromatic carbocycles. The van der Waals surface area contributed by atoms with Crippen LogP contribution in [-0.2, 0) is 4.74 Å². The Balaban J connectivity index is 2.87. The molecule has 0 unspecified atom stereocenters. The second kappa shape index (κ2) is 4.85. The predicted octanol–water partition coefficient (Wildman–Crippen LogP) is 3.74. The van der Waals surface area contributed by atoms with Crippen LogP contribution in [0, 0.1) is 0 Å². The van der Waals surface area contributed by atoms with Crippen LogP contribution < -0.4 is 0 Å². The van der Waals surface area contributed by atoms with Crippen LogP contribution in [0.15, 0.2) is 18.2 Å². The first-order valence-corrected chi connectivity index (χ1v) is 4.84. The van der Waals surface area contributed by atoms with Gasteiger partial charge in [0.1, 0.15) is 0 Å². The maximum atomic E-state index is 5.87. The molecule has 0 aliphatic heterocycles. The molecule has 0 aliphatic carbocycles. The van der Waals surface area contributed by atoms with Gasteiger partial charge in [-0.3, -0.25) is 0 Å². The molecule has 1 aromatic rings. The summed E-state index contributed by atoms with van der Waals surface area (Å²) in [5.41, 5.74) is 1.11. The summed E-state index contributed by atoms with van der Waals surface area (Å²) in [4.78, 5) is 0. The first kappa shape index (κ1) is 10.8. The molecule has 0 aliphatic rings. The zero-order chi connectivity index (χ0) is 9.84. The van der Waals surface area contributed by atoms with Crippen molar-refractivity contribution in [3.05, 3.63) is 33.8 Å². The van der Waals surface area contributed by atoms with Crippen molar-refractivity contribution in [2.45, 2.75) is 12.8 Å². The molecule has 0 saturated heterocycles. The summed E-state index contributed by atoms with van der Waals surface area (Å²) in [5, 5.41) is 1.34. The van der Waals surface area contributed by atoms with Gasteiger partial charge in [0.2, 0.25) is 0 Å². The van der Waals surface area contributed by atoms with Gasteiger partial charge in [-0.05, 0) is 23.8 Å². The fourth-order valence-corrected chi connectivity index (χ4v) is 1.75. The zero-order valence-corrected chi connectivity index (χ0v) is 9.19. The second-order valence-corrected chi connectivity index (χ2v) is 3.93. The highest BCUT2D eigenvalue weighted by Crippen LogP contribution is 2.24. The lowest BCUT2D eigenvalue weighted by Gasteiger charge is -2.11. The minimum absolute atomic E-state index is 0.321. The first-order chi connectivity index (χ1) is 6.13. The third kappa shape index (κ3) is 3.18. The van der Waals surface area contributed by atoms with E-state index in [1.807, 2.05) is 12.1 Å². The van der Waals surface area contributed by atoms with Gasteiger partial charge in [-0.15, -0.1) is 0 Å². The third-order valence-corrected chi connectivity index (χ3v) is 2.31. The van der Waals surface area contributed by atoms with E-state index in [4.69, 9.17) is 27.9 Å². The zero-order valence-electron chi connectivity index (χ0n) is 7.68. The quantitative estimate of drug-likeness (QED) is 0.752. The molecule has 0 spiro atoms. The molecule has 0 fully saturated rings. The summed E-state index contributed by atoms with van der Waals surface area (Å²) in [6.45, 7) is 2.75. The van der Waals surface area contributed by atoms with Crippen LogP contribution in [0.3, 0.4) is 0 Å². The Morgan fingerprint density at radius 1 is 1.23 bits per heavy atom. The highest BCUT2D eigenvalue weighted by molar-refractivity contribution is 6.34. The molecule has 0 heterocycles. The predicted molar refractivity (Wildman–Crippen MR) is 56.8 cm³/mol. The molecular weight excluding hydrogens is 207 g/mol. The Morgan fingerprint density at radius 2 is 1.77 bits per heavy atom. The van der Waals surface area contributed by atoms with Crippen molar-refractivity contribution in [3.63, 3.8) is 0 Å². The van der Waals surface area contributed by atoms with E-state index in [-0.39, 0.29) is 0 Å². The van der Waals surface area contributed by atoms with E-state index in [9.17, 15) is 0 Å². The van der Waals surface area contributed by atoms with Gasteiger partial charge in [0.15, 0.2) is 0 Å². The minimum Gasteiger partial charge on any atom is -0.384 e. The largest absolute Gasteiger partial charge is 0.384 e. The van der Waals surface area contributed by atoms with Gasteiger partial charge in [-0.1, -0.05) is 30.1 Å². The van der Waals surface area contributed by atoms with E-state index in [1.54, 1.807) is 13.2 Å². The summed E-state index contributed by atoms with van der Waals surface area (Å²) >= 11 is 11.7. The van der Waals surface area contributed by atoms with E-state index >= 15 is 0 Å². The molecule has 72 valence electrons. The Labute approximate surface area is 88.6 Å². The second-order valence-electron chi connectivity index (χ2n) is 3.06. The van der Waals surface area contributed by atoms with Crippen LogP contribution >= 0.6 is 23.2 Å². The number of benzene rings is 1. The summed E-state index contributed by atoms with van der Waals surface area (Å²) in [6.07, 6.45) is 0. The SMILES string of the molecule is COC[C@H](C)c1cc(Cl)cc(Cl)c1. The number of hydrogen-bond donors (Lipinski definition) is 0. The molecule has 1 nitrogen and oxygen atoms in total. The molecule has 13 heavy (non-hydrogen) atoms. The van der Waals surface area contributed by atoms with E-state index in [1.165, 1.54) is 0 Å². The van der Waals surface area contributed by atoms with Crippen LogP contribution in [-0.4, -0.2) is 13.7 Å². The van der Waals surface area contributed by atoms with Gasteiger partial charge in [-0.2, -0.15) is 0 Å². The van der Waals surface area contributed by atoms with Crippen molar-refractivity contribution in [1.29, 1.82) is 0 Å². The van der Waals surface area contributed by atoms with Gasteiger partial charge < -0.3 is 4.74 Å². The van der Waals surface area contributed by atoms with Crippen LogP contribution in [0.5, 0.6) is 0 Å². The van der Waals surface area contributed by atoms with E-state index in [2.05, 4.69) is 6.92 Å². The van der Waals surface area contributed by atoms with Gasteiger partial charge in [0, 0.05) is 23.1 Å². The maximum Gasteiger partial charge on any atom is 0.0528 e. The number of hydrogen-bond acceptors (Lipinski definition) is 1. The summed E-state index contributed by atoms with van der Waals surface area (Å²) in [5.74, 6) is 0.321. The average Bonchev–Trinajstić information content (AvgIpc) is 2.03. The fraction of sp³-hybridized carbons (Fsp3) is 0.400. The summed E-state index contributed by atoms with van der Waals surface area (Å²) < 4.78 is 5.05. The minimum atomic E-state index is 0.321. The van der Waals surface area contributed by atoms with E-state index in [0.29, 0.717) is 22.6 Å². The lowest BCUT2D eigenvalue weighted by atomic mass is 10.0. The molecule has 1 rings (SSSR count). The highest BCUT2D eigenvalue weighted by atomic mass is 35.5. The maximum absolute atomic E-state index is 5.87. The Bertz CT molecular complexity index is 266. The van der Waals surface area contributed by atoms with Gasteiger partial charge in [0.25, 0.3) is 0 Å². The molecule has 0 amide bonds. The topological polar surface area (TPSA) is 9.23 Å². The van der Waals surface area contributed by atoms with Crippen molar-refractivity contribution in [2.75, 3.05) is 13.7 Å². The fourth-order valence-electron chi connectivity index (χ4n) is 1.21. The van der Waals surface area contributed by atoms with Crippen molar-refractivity contribution in [2.24, 2.45) is 0 Å². The molecule has 0 N–H and O–H groups in total. The Morgan fingerprint density at radius 3 is 2.23 bits per heavy atom. The van der Waals surface area contributed by atoms with Crippen molar-refractivity contribution < 1.29 is 4.74 Å². The van der Waals surface area contributed by atoms with Crippen LogP contribution in [0.4, 0.5) is 0 Å². The molecule has 1 atom stereocenters. The van der Waals surface area contributed by atoms with Crippen LogP contribution in [0.25, 0.3) is 0 Å². The van der Waals surface area contributed by atoms with Gasteiger partial charge in [0.05, 0.1) is 6.61 Å². The molecule has 3 heteroatoms.